The molecule has 2 aliphatic rings. The fourth-order valence-corrected chi connectivity index (χ4v) is 6.32. The molecule has 2 amide bonds. The molecule has 3 atom stereocenters. The fourth-order valence-electron chi connectivity index (χ4n) is 5.55. The van der Waals surface area contributed by atoms with Gasteiger partial charge in [-0.3, -0.25) is 14.5 Å². The molecule has 1 saturated heterocycles. The third kappa shape index (κ3) is 6.44. The summed E-state index contributed by atoms with van der Waals surface area (Å²) in [6, 6.07) is 30.7. The summed E-state index contributed by atoms with van der Waals surface area (Å²) in [7, 11) is 0. The number of aliphatic hydroxyl groups is 2. The number of carbonyl (C=O) groups is 2. The molecule has 0 radical (unpaired) electrons. The first kappa shape index (κ1) is 29.3. The Labute approximate surface area is 255 Å². The van der Waals surface area contributed by atoms with Crippen molar-refractivity contribution in [1.29, 1.82) is 0 Å². The molecule has 0 bridgehead atoms. The second-order valence-corrected chi connectivity index (χ2v) is 11.9. The van der Waals surface area contributed by atoms with E-state index in [4.69, 9.17) is 9.47 Å². The van der Waals surface area contributed by atoms with Crippen molar-refractivity contribution in [2.45, 2.75) is 38.1 Å². The molecule has 1 fully saturated rings. The van der Waals surface area contributed by atoms with Crippen LogP contribution in [0.4, 0.5) is 0 Å². The normalized spacial score (nSPS) is 20.0. The van der Waals surface area contributed by atoms with E-state index in [1.807, 2.05) is 72.8 Å². The van der Waals surface area contributed by atoms with Crippen molar-refractivity contribution in [3.05, 3.63) is 130 Å². The van der Waals surface area contributed by atoms with Crippen LogP contribution in [-0.4, -0.2) is 51.1 Å². The van der Waals surface area contributed by atoms with Crippen molar-refractivity contribution in [2.24, 2.45) is 0 Å². The quantitative estimate of drug-likeness (QED) is 0.174. The fraction of sp³-hybridized carbons (Fsp3) is 0.257. The summed E-state index contributed by atoms with van der Waals surface area (Å²) in [6.07, 6.45) is -0.0583. The lowest BCUT2D eigenvalue weighted by atomic mass is 9.99. The number of rotatable bonds is 10. The summed E-state index contributed by atoms with van der Waals surface area (Å²) in [4.78, 5) is 27.0. The van der Waals surface area contributed by atoms with Crippen LogP contribution in [0.1, 0.15) is 61.8 Å². The van der Waals surface area contributed by atoms with Crippen LogP contribution in [0, 0.1) is 0 Å². The minimum absolute atomic E-state index is 0.00398. The van der Waals surface area contributed by atoms with Crippen LogP contribution in [0.5, 0.6) is 0 Å². The number of aliphatic hydroxyl groups excluding tert-OH is 2. The SMILES string of the molecule is O=C1c2ccccc2C(=O)N1Cc1cccc(-c2ccc([C@H]3O[C@@H](CSCCO)C[C@@H](c4ccc(CO)cc4)O3)cc2)c1. The molecule has 43 heavy (non-hydrogen) atoms. The molecule has 0 unspecified atom stereocenters. The highest BCUT2D eigenvalue weighted by atomic mass is 32.2. The van der Waals surface area contributed by atoms with Gasteiger partial charge in [0.25, 0.3) is 11.8 Å². The smallest absolute Gasteiger partial charge is 0.261 e. The first-order chi connectivity index (χ1) is 21.0. The summed E-state index contributed by atoms with van der Waals surface area (Å²) in [5.74, 6) is 0.878. The molecular formula is C35H33NO6S. The zero-order valence-corrected chi connectivity index (χ0v) is 24.4. The van der Waals surface area contributed by atoms with Gasteiger partial charge in [-0.05, 0) is 46.0 Å². The van der Waals surface area contributed by atoms with E-state index in [0.717, 1.165) is 39.1 Å². The minimum Gasteiger partial charge on any atom is -0.396 e. The number of carbonyl (C=O) groups excluding carboxylic acids is 2. The van der Waals surface area contributed by atoms with Gasteiger partial charge in [0, 0.05) is 23.5 Å². The van der Waals surface area contributed by atoms with Crippen molar-refractivity contribution in [3.8, 4) is 11.1 Å². The number of imide groups is 1. The van der Waals surface area contributed by atoms with E-state index in [9.17, 15) is 19.8 Å². The number of hydrogen-bond donors (Lipinski definition) is 2. The predicted octanol–water partition coefficient (Wildman–Crippen LogP) is 5.91. The second-order valence-electron chi connectivity index (χ2n) is 10.7. The third-order valence-electron chi connectivity index (χ3n) is 7.82. The Morgan fingerprint density at radius 3 is 2.12 bits per heavy atom. The number of thioether (sulfide) groups is 1. The summed E-state index contributed by atoms with van der Waals surface area (Å²) in [6.45, 7) is 0.332. The molecular weight excluding hydrogens is 562 g/mol. The maximum Gasteiger partial charge on any atom is 0.261 e. The largest absolute Gasteiger partial charge is 0.396 e. The third-order valence-corrected chi connectivity index (χ3v) is 8.90. The van der Waals surface area contributed by atoms with Crippen LogP contribution in [0.25, 0.3) is 11.1 Å². The molecule has 4 aromatic rings. The Morgan fingerprint density at radius 2 is 1.44 bits per heavy atom. The number of hydrogen-bond acceptors (Lipinski definition) is 7. The standard InChI is InChI=1S/C35H33NO6S/c37-16-17-43-22-29-19-32(26-10-8-23(21-38)9-11-26)42-35(41-29)27-14-12-25(13-15-27)28-5-3-4-24(18-28)20-36-33(39)30-6-1-2-7-31(30)34(36)40/h1-15,18,29,32,35,37-38H,16-17,19-22H2/t29-,32+,35+/m1/s1. The molecule has 0 saturated carbocycles. The van der Waals surface area contributed by atoms with Gasteiger partial charge in [-0.2, -0.15) is 11.8 Å². The van der Waals surface area contributed by atoms with E-state index in [-0.39, 0.29) is 43.8 Å². The number of amides is 2. The van der Waals surface area contributed by atoms with Crippen LogP contribution >= 0.6 is 11.8 Å². The average Bonchev–Trinajstić information content (AvgIpc) is 3.30. The van der Waals surface area contributed by atoms with Crippen LogP contribution in [0.15, 0.2) is 97.1 Å². The Hall–Kier alpha value is -3.79. The molecule has 8 heteroatoms. The van der Waals surface area contributed by atoms with Crippen LogP contribution in [-0.2, 0) is 22.6 Å². The van der Waals surface area contributed by atoms with Gasteiger partial charge in [-0.25, -0.2) is 0 Å². The lowest BCUT2D eigenvalue weighted by Crippen LogP contribution is -2.31. The molecule has 2 N–H and O–H groups in total. The van der Waals surface area contributed by atoms with Crippen LogP contribution in [0.3, 0.4) is 0 Å². The highest BCUT2D eigenvalue weighted by Gasteiger charge is 2.35. The predicted molar refractivity (Wildman–Crippen MR) is 165 cm³/mol. The monoisotopic (exact) mass is 595 g/mol. The van der Waals surface area contributed by atoms with E-state index in [2.05, 4.69) is 0 Å². The lowest BCUT2D eigenvalue weighted by Gasteiger charge is -2.36. The topological polar surface area (TPSA) is 96.3 Å². The first-order valence-electron chi connectivity index (χ1n) is 14.4. The van der Waals surface area contributed by atoms with Gasteiger partial charge in [0.05, 0.1) is 43.1 Å². The molecule has 2 heterocycles. The molecule has 0 spiro atoms. The maximum absolute atomic E-state index is 12.9. The van der Waals surface area contributed by atoms with Gasteiger partial charge < -0.3 is 19.7 Å². The zero-order valence-electron chi connectivity index (χ0n) is 23.6. The van der Waals surface area contributed by atoms with Gasteiger partial charge in [-0.15, -0.1) is 0 Å². The highest BCUT2D eigenvalue weighted by molar-refractivity contribution is 7.99. The summed E-state index contributed by atoms with van der Waals surface area (Å²) >= 11 is 1.66. The molecule has 7 nitrogen and oxygen atoms in total. The Balaban J connectivity index is 1.18. The summed E-state index contributed by atoms with van der Waals surface area (Å²) in [5, 5.41) is 18.7. The first-order valence-corrected chi connectivity index (χ1v) is 15.5. The Bertz CT molecular complexity index is 1550. The molecule has 0 aliphatic carbocycles. The van der Waals surface area contributed by atoms with E-state index in [1.54, 1.807) is 36.0 Å². The van der Waals surface area contributed by atoms with Crippen molar-refractivity contribution < 1.29 is 29.3 Å². The zero-order chi connectivity index (χ0) is 29.8. The Kier molecular flexibility index (Phi) is 9.02. The van der Waals surface area contributed by atoms with E-state index in [1.165, 1.54) is 4.90 Å². The van der Waals surface area contributed by atoms with Gasteiger partial charge in [0.15, 0.2) is 6.29 Å². The number of ether oxygens (including phenoxy) is 2. The Morgan fingerprint density at radius 1 is 0.744 bits per heavy atom. The van der Waals surface area contributed by atoms with E-state index >= 15 is 0 Å². The van der Waals surface area contributed by atoms with Gasteiger partial charge >= 0.3 is 0 Å². The van der Waals surface area contributed by atoms with Crippen molar-refractivity contribution in [3.63, 3.8) is 0 Å². The summed E-state index contributed by atoms with van der Waals surface area (Å²) < 4.78 is 12.8. The average molecular weight is 596 g/mol. The van der Waals surface area contributed by atoms with E-state index in [0.29, 0.717) is 23.3 Å². The molecule has 220 valence electrons. The van der Waals surface area contributed by atoms with Crippen molar-refractivity contribution in [2.75, 3.05) is 18.1 Å². The van der Waals surface area contributed by atoms with Gasteiger partial charge in [0.1, 0.15) is 0 Å². The van der Waals surface area contributed by atoms with Crippen molar-refractivity contribution >= 4 is 23.6 Å². The minimum atomic E-state index is -0.551. The van der Waals surface area contributed by atoms with Crippen LogP contribution < -0.4 is 0 Å². The number of benzene rings is 4. The van der Waals surface area contributed by atoms with Crippen molar-refractivity contribution in [1.82, 2.24) is 4.90 Å². The van der Waals surface area contributed by atoms with Gasteiger partial charge in [-0.1, -0.05) is 78.9 Å². The molecule has 4 aromatic carbocycles. The maximum atomic E-state index is 12.9. The van der Waals surface area contributed by atoms with Gasteiger partial charge in [0.2, 0.25) is 0 Å². The van der Waals surface area contributed by atoms with Crippen LogP contribution in [0.2, 0.25) is 0 Å². The molecule has 6 rings (SSSR count). The number of nitrogens with zero attached hydrogens (tertiary/aromatic N) is 1. The number of fused-ring (bicyclic) bond motifs is 1. The van der Waals surface area contributed by atoms with E-state index < -0.39 is 6.29 Å². The lowest BCUT2D eigenvalue weighted by molar-refractivity contribution is -0.245. The molecule has 2 aliphatic heterocycles. The highest BCUT2D eigenvalue weighted by Crippen LogP contribution is 2.39. The summed E-state index contributed by atoms with van der Waals surface area (Å²) in [5.41, 5.74) is 6.53. The second kappa shape index (κ2) is 13.2. The molecule has 0 aromatic heterocycles.